The molecule has 2 aromatic heterocycles. The van der Waals surface area contributed by atoms with Crippen LogP contribution in [0.2, 0.25) is 0 Å². The zero-order valence-electron chi connectivity index (χ0n) is 25.4. The first-order valence-electron chi connectivity index (χ1n) is 15.2. The average Bonchev–Trinajstić information content (AvgIpc) is 3.35. The van der Waals surface area contributed by atoms with Gasteiger partial charge in [0.1, 0.15) is 5.75 Å². The molecule has 2 N–H and O–H groups in total. The Hall–Kier alpha value is -4.54. The zero-order valence-corrected chi connectivity index (χ0v) is 25.4. The third-order valence-electron chi connectivity index (χ3n) is 8.37. The van der Waals surface area contributed by atoms with Crippen LogP contribution in [0.3, 0.4) is 0 Å². The Morgan fingerprint density at radius 3 is 2.77 bits per heavy atom. The highest BCUT2D eigenvalue weighted by Crippen LogP contribution is 2.33. The monoisotopic (exact) mass is 593 g/mol. The summed E-state index contributed by atoms with van der Waals surface area (Å²) in [6, 6.07) is 13.5. The number of aromatic nitrogens is 3. The number of nitrogens with one attached hydrogen (secondary N) is 2. The number of ether oxygens (including phenoxy) is 1. The van der Waals surface area contributed by atoms with E-state index in [1.165, 1.54) is 11.6 Å². The maximum atomic E-state index is 13.9. The number of carbonyl (C=O) groups is 2. The molecule has 4 aromatic rings. The first kappa shape index (κ1) is 29.5. The number of carbonyl (C=O) groups excluding carboxylic acids is 2. The number of imidazole rings is 1. The largest absolute Gasteiger partial charge is 0.493 e. The van der Waals surface area contributed by atoms with Gasteiger partial charge < -0.3 is 19.5 Å². The molecule has 228 valence electrons. The molecule has 0 unspecified atom stereocenters. The molecule has 1 saturated heterocycles. The predicted molar refractivity (Wildman–Crippen MR) is 173 cm³/mol. The van der Waals surface area contributed by atoms with E-state index >= 15 is 0 Å². The minimum absolute atomic E-state index is 0.316. The summed E-state index contributed by atoms with van der Waals surface area (Å²) in [5.74, 6) is 0.794. The number of benzene rings is 2. The van der Waals surface area contributed by atoms with Crippen LogP contribution in [0.5, 0.6) is 5.75 Å². The summed E-state index contributed by atoms with van der Waals surface area (Å²) in [4.78, 5) is 40.1. The highest BCUT2D eigenvalue weighted by Gasteiger charge is 2.21. The van der Waals surface area contributed by atoms with Crippen molar-refractivity contribution in [3.8, 4) is 16.9 Å². The van der Waals surface area contributed by atoms with Gasteiger partial charge in [-0.1, -0.05) is 19.6 Å². The number of amides is 2. The van der Waals surface area contributed by atoms with Gasteiger partial charge >= 0.3 is 0 Å². The van der Waals surface area contributed by atoms with E-state index < -0.39 is 0 Å². The summed E-state index contributed by atoms with van der Waals surface area (Å²) in [6.07, 6.45) is 6.41. The summed E-state index contributed by atoms with van der Waals surface area (Å²) in [6.45, 7) is 12.1. The smallest absolute Gasteiger partial charge is 0.258 e. The number of hydrogen-bond donors (Lipinski definition) is 2. The Morgan fingerprint density at radius 2 is 1.95 bits per heavy atom. The number of pyridine rings is 1. The van der Waals surface area contributed by atoms with Gasteiger partial charge in [-0.3, -0.25) is 24.8 Å². The molecule has 4 heterocycles. The van der Waals surface area contributed by atoms with Crippen molar-refractivity contribution in [2.45, 2.75) is 32.9 Å². The fraction of sp³-hybridized carbons (Fsp3) is 0.353. The van der Waals surface area contributed by atoms with Crippen molar-refractivity contribution in [3.63, 3.8) is 0 Å². The molecule has 44 heavy (non-hydrogen) atoms. The second-order valence-corrected chi connectivity index (χ2v) is 11.9. The van der Waals surface area contributed by atoms with Gasteiger partial charge in [0.2, 0.25) is 11.9 Å². The van der Waals surface area contributed by atoms with E-state index in [-0.39, 0.29) is 11.8 Å². The van der Waals surface area contributed by atoms with Gasteiger partial charge in [-0.25, -0.2) is 4.98 Å². The molecule has 0 radical (unpaired) electrons. The molecule has 1 atom stereocenters. The maximum absolute atomic E-state index is 13.9. The van der Waals surface area contributed by atoms with Crippen LogP contribution in [-0.4, -0.2) is 76.0 Å². The Morgan fingerprint density at radius 1 is 1.14 bits per heavy atom. The second-order valence-electron chi connectivity index (χ2n) is 11.9. The van der Waals surface area contributed by atoms with Crippen molar-refractivity contribution < 1.29 is 14.3 Å². The molecular formula is C34H39N7O3. The van der Waals surface area contributed by atoms with Crippen molar-refractivity contribution in [3.05, 3.63) is 78.6 Å². The minimum Gasteiger partial charge on any atom is -0.493 e. The molecule has 2 aromatic carbocycles. The van der Waals surface area contributed by atoms with Crippen molar-refractivity contribution >= 4 is 34.5 Å². The number of rotatable bonds is 4. The molecule has 0 saturated carbocycles. The fourth-order valence-corrected chi connectivity index (χ4v) is 5.91. The van der Waals surface area contributed by atoms with Crippen molar-refractivity contribution in [2.75, 3.05) is 50.5 Å². The standard InChI is InChI=1S/C34H39N7O3/c1-4-32(42)36-27-18-25-17-26(19-27)33(43)38-34-37-29-8-7-24(22-40-13-11-39(3)12-14-40)16-30(29)41(34)21-23(2)6-5-15-44-31-9-10-35-20-28(25)31/h4,7-10,16-20,23H,1,5-6,11-15,21-22H2,2-3H3,(H,36,42)(H,37,38,43)/t23-/m1/s1. The molecule has 1 fully saturated rings. The number of likely N-dealkylation sites (N-methyl/N-ethyl adjacent to an activating group) is 1. The Labute approximate surface area is 257 Å². The van der Waals surface area contributed by atoms with Crippen LogP contribution in [-0.2, 0) is 17.9 Å². The van der Waals surface area contributed by atoms with Gasteiger partial charge in [-0.05, 0) is 79.4 Å². The average molecular weight is 594 g/mol. The first-order chi connectivity index (χ1) is 21.4. The van der Waals surface area contributed by atoms with E-state index in [9.17, 15) is 9.59 Å². The third kappa shape index (κ3) is 6.66. The van der Waals surface area contributed by atoms with Crippen LogP contribution in [0.25, 0.3) is 22.2 Å². The summed E-state index contributed by atoms with van der Waals surface area (Å²) < 4.78 is 8.36. The summed E-state index contributed by atoms with van der Waals surface area (Å²) in [5.41, 5.74) is 5.35. The summed E-state index contributed by atoms with van der Waals surface area (Å²) in [5, 5.41) is 5.89. The van der Waals surface area contributed by atoms with Crippen molar-refractivity contribution in [1.82, 2.24) is 24.3 Å². The second kappa shape index (κ2) is 13.0. The van der Waals surface area contributed by atoms with E-state index in [1.54, 1.807) is 30.6 Å². The molecule has 0 spiro atoms. The Balaban J connectivity index is 1.39. The third-order valence-corrected chi connectivity index (χ3v) is 8.37. The molecule has 6 rings (SSSR count). The molecule has 2 bridgehead atoms. The molecule has 0 aliphatic carbocycles. The topological polar surface area (TPSA) is 105 Å². The number of anilines is 2. The SMILES string of the molecule is C=CC(=O)Nc1cc2cc(c1)-c1cnccc1OCCC[C@@H](C)Cn1c(nc3ccc(CN4CCN(C)CC4)cc31)NC2=O. The van der Waals surface area contributed by atoms with E-state index in [0.717, 1.165) is 62.2 Å². The molecular weight excluding hydrogens is 554 g/mol. The van der Waals surface area contributed by atoms with Crippen molar-refractivity contribution in [1.29, 1.82) is 0 Å². The lowest BCUT2D eigenvalue weighted by molar-refractivity contribution is -0.111. The number of nitrogens with zero attached hydrogens (tertiary/aromatic N) is 5. The highest BCUT2D eigenvalue weighted by atomic mass is 16.5. The van der Waals surface area contributed by atoms with Crippen LogP contribution >= 0.6 is 0 Å². The van der Waals surface area contributed by atoms with Gasteiger partial charge in [-0.15, -0.1) is 0 Å². The minimum atomic E-state index is -0.370. The Kier molecular flexibility index (Phi) is 8.72. The number of hydrogen-bond acceptors (Lipinski definition) is 7. The van der Waals surface area contributed by atoms with Gasteiger partial charge in [-0.2, -0.15) is 0 Å². The first-order valence-corrected chi connectivity index (χ1v) is 15.2. The molecule has 2 aliphatic heterocycles. The molecule has 10 heteroatoms. The summed E-state index contributed by atoms with van der Waals surface area (Å²) >= 11 is 0. The van der Waals surface area contributed by atoms with Gasteiger partial charge in [0.25, 0.3) is 5.91 Å². The van der Waals surface area contributed by atoms with Crippen molar-refractivity contribution in [2.24, 2.45) is 5.92 Å². The fourth-order valence-electron chi connectivity index (χ4n) is 5.91. The zero-order chi connectivity index (χ0) is 30.6. The van der Waals surface area contributed by atoms with Crippen LogP contribution in [0.4, 0.5) is 11.6 Å². The Bertz CT molecular complexity index is 1690. The lowest BCUT2D eigenvalue weighted by atomic mass is 10.0. The predicted octanol–water partition coefficient (Wildman–Crippen LogP) is 5.03. The molecule has 2 amide bonds. The van der Waals surface area contributed by atoms with Crippen LogP contribution in [0, 0.1) is 5.92 Å². The van der Waals surface area contributed by atoms with E-state index in [4.69, 9.17) is 9.72 Å². The molecule has 10 nitrogen and oxygen atoms in total. The van der Waals surface area contributed by atoms with E-state index in [0.29, 0.717) is 47.6 Å². The van der Waals surface area contributed by atoms with Crippen LogP contribution in [0.15, 0.2) is 67.5 Å². The number of piperazine rings is 1. The van der Waals surface area contributed by atoms with E-state index in [1.807, 2.05) is 6.07 Å². The van der Waals surface area contributed by atoms with Gasteiger partial charge in [0, 0.05) is 68.5 Å². The maximum Gasteiger partial charge on any atom is 0.258 e. The number of fused-ring (bicyclic) bond motifs is 7. The lowest BCUT2D eigenvalue weighted by Gasteiger charge is -2.32. The van der Waals surface area contributed by atoms with Gasteiger partial charge in [0.05, 0.1) is 17.6 Å². The highest BCUT2D eigenvalue weighted by molar-refractivity contribution is 6.07. The van der Waals surface area contributed by atoms with Gasteiger partial charge in [0.15, 0.2) is 0 Å². The molecule has 2 aliphatic rings. The summed E-state index contributed by atoms with van der Waals surface area (Å²) in [7, 11) is 2.17. The quantitative estimate of drug-likeness (QED) is 0.320. The normalized spacial score (nSPS) is 18.2. The lowest BCUT2D eigenvalue weighted by Crippen LogP contribution is -2.43. The van der Waals surface area contributed by atoms with Crippen LogP contribution < -0.4 is 15.4 Å². The van der Waals surface area contributed by atoms with E-state index in [2.05, 4.69) is 68.7 Å². The van der Waals surface area contributed by atoms with Crippen LogP contribution in [0.1, 0.15) is 35.7 Å².